The second-order valence-corrected chi connectivity index (χ2v) is 9.59. The number of para-hydroxylation sites is 1. The van der Waals surface area contributed by atoms with Gasteiger partial charge in [0.15, 0.2) is 11.6 Å². The number of pyridine rings is 1. The summed E-state index contributed by atoms with van der Waals surface area (Å²) in [5.74, 6) is -5.89. The van der Waals surface area contributed by atoms with Gasteiger partial charge in [0.2, 0.25) is 18.0 Å². The highest BCUT2D eigenvalue weighted by atomic mass is 19.2. The molecule has 42 heavy (non-hydrogen) atoms. The van der Waals surface area contributed by atoms with Crippen molar-refractivity contribution in [1.29, 1.82) is 0 Å². The Morgan fingerprint density at radius 3 is 2.33 bits per heavy atom. The molecule has 212 valence electrons. The SMILES string of the molecule is NC(=O)CN1C(=O)C(NC(=O)[C@@H](Cc2ccc(F)c(F)c2)c2ccc(F)cc2)N=C(c2ccncc2)c2ccccc21. The first-order valence-electron chi connectivity index (χ1n) is 12.9. The summed E-state index contributed by atoms with van der Waals surface area (Å²) in [7, 11) is 0. The average Bonchev–Trinajstić information content (AvgIpc) is 3.09. The van der Waals surface area contributed by atoms with Gasteiger partial charge in [0.1, 0.15) is 12.4 Å². The molecule has 0 aliphatic carbocycles. The summed E-state index contributed by atoms with van der Waals surface area (Å²) in [4.78, 5) is 49.5. The second kappa shape index (κ2) is 12.0. The Morgan fingerprint density at radius 2 is 1.64 bits per heavy atom. The summed E-state index contributed by atoms with van der Waals surface area (Å²) >= 11 is 0. The zero-order chi connectivity index (χ0) is 29.8. The van der Waals surface area contributed by atoms with Crippen LogP contribution in [0.5, 0.6) is 0 Å². The van der Waals surface area contributed by atoms with Crippen molar-refractivity contribution >= 4 is 29.1 Å². The zero-order valence-corrected chi connectivity index (χ0v) is 22.0. The molecule has 0 fully saturated rings. The van der Waals surface area contributed by atoms with Crippen LogP contribution in [-0.4, -0.2) is 41.1 Å². The van der Waals surface area contributed by atoms with Crippen molar-refractivity contribution < 1.29 is 27.6 Å². The number of carbonyl (C=O) groups is 3. The third-order valence-electron chi connectivity index (χ3n) is 6.77. The molecule has 3 aromatic carbocycles. The Labute approximate surface area is 238 Å². The monoisotopic (exact) mass is 571 g/mol. The molecule has 5 rings (SSSR count). The molecule has 0 radical (unpaired) electrons. The number of anilines is 1. The van der Waals surface area contributed by atoms with Gasteiger partial charge in [-0.2, -0.15) is 0 Å². The summed E-state index contributed by atoms with van der Waals surface area (Å²) in [5.41, 5.74) is 7.99. The number of nitrogens with two attached hydrogens (primary N) is 1. The molecule has 8 nitrogen and oxygen atoms in total. The normalized spacial score (nSPS) is 15.3. The predicted octanol–water partition coefficient (Wildman–Crippen LogP) is 3.64. The molecule has 3 N–H and O–H groups in total. The van der Waals surface area contributed by atoms with Crippen LogP contribution in [0, 0.1) is 17.5 Å². The highest BCUT2D eigenvalue weighted by Gasteiger charge is 2.35. The molecule has 1 aliphatic heterocycles. The summed E-state index contributed by atoms with van der Waals surface area (Å²) < 4.78 is 41.3. The zero-order valence-electron chi connectivity index (χ0n) is 22.0. The minimum absolute atomic E-state index is 0.0955. The third-order valence-corrected chi connectivity index (χ3v) is 6.77. The van der Waals surface area contributed by atoms with Gasteiger partial charge in [0.05, 0.1) is 17.3 Å². The Morgan fingerprint density at radius 1 is 0.929 bits per heavy atom. The number of halogens is 3. The molecule has 0 saturated carbocycles. The van der Waals surface area contributed by atoms with Crippen molar-refractivity contribution in [1.82, 2.24) is 10.3 Å². The first-order valence-corrected chi connectivity index (χ1v) is 12.9. The third kappa shape index (κ3) is 6.04. The number of nitrogens with zero attached hydrogens (tertiary/aromatic N) is 3. The summed E-state index contributed by atoms with van der Waals surface area (Å²) in [6.45, 7) is -0.475. The van der Waals surface area contributed by atoms with Gasteiger partial charge in [0, 0.05) is 23.5 Å². The van der Waals surface area contributed by atoms with Crippen molar-refractivity contribution in [2.24, 2.45) is 10.7 Å². The molecule has 4 aromatic rings. The van der Waals surface area contributed by atoms with E-state index in [0.717, 1.165) is 17.0 Å². The van der Waals surface area contributed by atoms with Crippen LogP contribution in [-0.2, 0) is 20.8 Å². The number of aromatic nitrogens is 1. The standard InChI is InChI=1S/C31H24F3N5O3/c32-21-8-6-19(7-9-21)23(15-18-5-10-24(33)25(34)16-18)30(41)38-29-31(42)39(17-27(35)40)26-4-2-1-3-22(26)28(37-29)20-11-13-36-14-12-20/h1-14,16,23,29H,15,17H2,(H2,35,40)(H,38,41)/t23-,29?/m0/s1. The van der Waals surface area contributed by atoms with Gasteiger partial charge in [-0.1, -0.05) is 36.4 Å². The molecule has 0 saturated heterocycles. The van der Waals surface area contributed by atoms with E-state index in [9.17, 15) is 27.6 Å². The van der Waals surface area contributed by atoms with Crippen molar-refractivity contribution in [3.8, 4) is 0 Å². The number of fused-ring (bicyclic) bond motifs is 1. The van der Waals surface area contributed by atoms with E-state index in [2.05, 4.69) is 15.3 Å². The molecule has 11 heteroatoms. The molecule has 2 atom stereocenters. The molecule has 1 unspecified atom stereocenters. The van der Waals surface area contributed by atoms with Crippen LogP contribution in [0.15, 0.2) is 96.2 Å². The van der Waals surface area contributed by atoms with E-state index >= 15 is 0 Å². The molecular weight excluding hydrogens is 547 g/mol. The molecule has 2 heterocycles. The van der Waals surface area contributed by atoms with Crippen molar-refractivity contribution in [2.45, 2.75) is 18.5 Å². The molecule has 3 amide bonds. The highest BCUT2D eigenvalue weighted by molar-refractivity contribution is 6.20. The maximum atomic E-state index is 14.0. The van der Waals surface area contributed by atoms with Gasteiger partial charge in [0.25, 0.3) is 5.91 Å². The largest absolute Gasteiger partial charge is 0.368 e. The number of amides is 3. The number of carbonyl (C=O) groups excluding carboxylic acids is 3. The van der Waals surface area contributed by atoms with Crippen LogP contribution in [0.3, 0.4) is 0 Å². The van der Waals surface area contributed by atoms with Crippen molar-refractivity contribution in [3.63, 3.8) is 0 Å². The maximum Gasteiger partial charge on any atom is 0.272 e. The van der Waals surface area contributed by atoms with Crippen molar-refractivity contribution in [2.75, 3.05) is 11.4 Å². The van der Waals surface area contributed by atoms with E-state index in [4.69, 9.17) is 5.73 Å². The van der Waals surface area contributed by atoms with Gasteiger partial charge >= 0.3 is 0 Å². The lowest BCUT2D eigenvalue weighted by Crippen LogP contribution is -2.50. The second-order valence-electron chi connectivity index (χ2n) is 9.59. The Kier molecular flexibility index (Phi) is 8.09. The Balaban J connectivity index is 1.57. The van der Waals surface area contributed by atoms with E-state index in [-0.39, 0.29) is 6.42 Å². The van der Waals surface area contributed by atoms with E-state index in [1.807, 2.05) is 0 Å². The van der Waals surface area contributed by atoms with Crippen LogP contribution < -0.4 is 16.0 Å². The first kappa shape index (κ1) is 28.2. The predicted molar refractivity (Wildman–Crippen MR) is 149 cm³/mol. The number of hydrogen-bond acceptors (Lipinski definition) is 5. The number of hydrogen-bond donors (Lipinski definition) is 2. The van der Waals surface area contributed by atoms with E-state index < -0.39 is 53.8 Å². The quantitative estimate of drug-likeness (QED) is 0.336. The first-order chi connectivity index (χ1) is 20.2. The van der Waals surface area contributed by atoms with Gasteiger partial charge in [-0.05, 0) is 60.0 Å². The average molecular weight is 572 g/mol. The highest BCUT2D eigenvalue weighted by Crippen LogP contribution is 2.29. The van der Waals surface area contributed by atoms with Crippen LogP contribution in [0.25, 0.3) is 0 Å². The molecule has 1 aliphatic rings. The van der Waals surface area contributed by atoms with Crippen molar-refractivity contribution in [3.05, 3.63) is 131 Å². The smallest absolute Gasteiger partial charge is 0.272 e. The van der Waals surface area contributed by atoms with Gasteiger partial charge in [-0.3, -0.25) is 24.3 Å². The van der Waals surface area contributed by atoms with E-state index in [0.29, 0.717) is 33.7 Å². The Bertz CT molecular complexity index is 1680. The van der Waals surface area contributed by atoms with Gasteiger partial charge in [-0.25, -0.2) is 18.2 Å². The minimum Gasteiger partial charge on any atom is -0.368 e. The number of benzene rings is 3. The Hall–Kier alpha value is -5.32. The summed E-state index contributed by atoms with van der Waals surface area (Å²) in [6, 6.07) is 18.6. The summed E-state index contributed by atoms with van der Waals surface area (Å²) in [5, 5.41) is 2.66. The summed E-state index contributed by atoms with van der Waals surface area (Å²) in [6.07, 6.45) is 1.50. The fraction of sp³-hybridized carbons (Fsp3) is 0.129. The number of primary amides is 1. The lowest BCUT2D eigenvalue weighted by molar-refractivity contribution is -0.128. The van der Waals surface area contributed by atoms with Crippen LogP contribution in [0.1, 0.15) is 28.2 Å². The van der Waals surface area contributed by atoms with Gasteiger partial charge in [-0.15, -0.1) is 0 Å². The number of nitrogens with one attached hydrogen (secondary N) is 1. The van der Waals surface area contributed by atoms with E-state index in [1.54, 1.807) is 48.8 Å². The molecule has 0 bridgehead atoms. The fourth-order valence-corrected chi connectivity index (χ4v) is 4.78. The maximum absolute atomic E-state index is 14.0. The number of aliphatic imine (C=N–C) groups is 1. The van der Waals surface area contributed by atoms with Crippen LogP contribution >= 0.6 is 0 Å². The fourth-order valence-electron chi connectivity index (χ4n) is 4.78. The minimum atomic E-state index is -1.50. The molecular formula is C31H24F3N5O3. The lowest BCUT2D eigenvalue weighted by atomic mass is 9.91. The molecule has 0 spiro atoms. The molecule has 1 aromatic heterocycles. The topological polar surface area (TPSA) is 118 Å². The van der Waals surface area contributed by atoms with Gasteiger partial charge < -0.3 is 11.1 Å². The van der Waals surface area contributed by atoms with Crippen LogP contribution in [0.2, 0.25) is 0 Å². The number of benzodiazepines with no additional fused rings is 1. The lowest BCUT2D eigenvalue weighted by Gasteiger charge is -2.25. The number of rotatable bonds is 8. The van der Waals surface area contributed by atoms with Crippen LogP contribution in [0.4, 0.5) is 18.9 Å². The van der Waals surface area contributed by atoms with E-state index in [1.165, 1.54) is 30.3 Å².